The summed E-state index contributed by atoms with van der Waals surface area (Å²) in [4.78, 5) is 8.75. The molecule has 0 radical (unpaired) electrons. The quantitative estimate of drug-likeness (QED) is 0.577. The highest BCUT2D eigenvalue weighted by molar-refractivity contribution is 5.56. The summed E-state index contributed by atoms with van der Waals surface area (Å²) in [6, 6.07) is 0. The normalized spacial score (nSPS) is 11.8. The number of hydrazone groups is 1. The van der Waals surface area contributed by atoms with Gasteiger partial charge >= 0.3 is 0 Å². The van der Waals surface area contributed by atoms with Gasteiger partial charge in [0.25, 0.3) is 0 Å². The monoisotopic (exact) mass is 232 g/mol. The molecule has 17 heavy (non-hydrogen) atoms. The highest BCUT2D eigenvalue weighted by atomic mass is 15.5. The van der Waals surface area contributed by atoms with Gasteiger partial charge in [0.2, 0.25) is 0 Å². The van der Waals surface area contributed by atoms with Crippen LogP contribution in [0.15, 0.2) is 29.8 Å². The summed E-state index contributed by atoms with van der Waals surface area (Å²) in [5.74, 6) is 1.11. The Labute approximate surface area is 103 Å². The van der Waals surface area contributed by atoms with Gasteiger partial charge in [-0.3, -0.25) is 4.98 Å². The predicted octanol–water partition coefficient (Wildman–Crippen LogP) is 3.34. The molecule has 0 N–H and O–H groups in total. The largest absolute Gasteiger partial charge is 0.259 e. The molecule has 4 heteroatoms. The van der Waals surface area contributed by atoms with Crippen LogP contribution in [-0.2, 0) is 0 Å². The minimum absolute atomic E-state index is 0.366. The number of aromatic nitrogens is 2. The molecule has 0 unspecified atom stereocenters. The molecule has 4 nitrogen and oxygen atoms in total. The summed E-state index contributed by atoms with van der Waals surface area (Å²) < 4.78 is 0. The van der Waals surface area contributed by atoms with Crippen LogP contribution in [0.4, 0.5) is 5.82 Å². The van der Waals surface area contributed by atoms with Gasteiger partial charge in [-0.25, -0.2) is 9.99 Å². The highest BCUT2D eigenvalue weighted by Gasteiger charge is 2.06. The molecule has 0 bridgehead atoms. The van der Waals surface area contributed by atoms with Gasteiger partial charge in [-0.05, 0) is 19.3 Å². The lowest BCUT2D eigenvalue weighted by Crippen LogP contribution is -2.11. The summed E-state index contributed by atoms with van der Waals surface area (Å²) >= 11 is 0. The first kappa shape index (κ1) is 13.4. The van der Waals surface area contributed by atoms with E-state index in [1.807, 2.05) is 19.2 Å². The molecule has 1 aromatic heterocycles. The summed E-state index contributed by atoms with van der Waals surface area (Å²) in [5.41, 5.74) is 0.976. The third-order valence-corrected chi connectivity index (χ3v) is 2.19. The summed E-state index contributed by atoms with van der Waals surface area (Å²) in [7, 11) is 0. The molecule has 0 aromatic carbocycles. The maximum Gasteiger partial charge on any atom is 0.172 e. The Kier molecular flexibility index (Phi) is 5.33. The van der Waals surface area contributed by atoms with Gasteiger partial charge in [0.05, 0.1) is 11.9 Å². The lowest BCUT2D eigenvalue weighted by atomic mass is 10.1. The van der Waals surface area contributed by atoms with Gasteiger partial charge in [0.1, 0.15) is 0 Å². The first-order valence-electron chi connectivity index (χ1n) is 5.95. The van der Waals surface area contributed by atoms with Crippen LogP contribution in [0.2, 0.25) is 0 Å². The molecule has 0 atom stereocenters. The molecule has 0 aliphatic heterocycles. The van der Waals surface area contributed by atoms with Crippen molar-refractivity contribution in [2.75, 3.05) is 5.01 Å². The van der Waals surface area contributed by atoms with Gasteiger partial charge in [0, 0.05) is 18.6 Å². The SMILES string of the molecule is C/C=N\N(/C=C\CC)c1cncc(C(C)C)n1. The Morgan fingerprint density at radius 3 is 2.76 bits per heavy atom. The van der Waals surface area contributed by atoms with E-state index >= 15 is 0 Å². The molecule has 0 amide bonds. The Bertz CT molecular complexity index is 396. The van der Waals surface area contributed by atoms with Crippen molar-refractivity contribution in [2.45, 2.75) is 40.0 Å². The highest BCUT2D eigenvalue weighted by Crippen LogP contribution is 2.16. The number of hydrogen-bond acceptors (Lipinski definition) is 4. The van der Waals surface area contributed by atoms with Crippen molar-refractivity contribution in [3.63, 3.8) is 0 Å². The van der Waals surface area contributed by atoms with Crippen LogP contribution in [0.3, 0.4) is 0 Å². The van der Waals surface area contributed by atoms with Crippen LogP contribution in [0.5, 0.6) is 0 Å². The zero-order chi connectivity index (χ0) is 12.7. The second-order valence-electron chi connectivity index (χ2n) is 3.97. The van der Waals surface area contributed by atoms with Gasteiger partial charge in [0.15, 0.2) is 5.82 Å². The third kappa shape index (κ3) is 3.98. The topological polar surface area (TPSA) is 41.4 Å². The van der Waals surface area contributed by atoms with Crippen LogP contribution in [0.1, 0.15) is 45.7 Å². The molecule has 0 saturated heterocycles. The Morgan fingerprint density at radius 2 is 2.18 bits per heavy atom. The molecule has 1 aromatic rings. The third-order valence-electron chi connectivity index (χ3n) is 2.19. The molecule has 1 rings (SSSR count). The average molecular weight is 232 g/mol. The van der Waals surface area contributed by atoms with Gasteiger partial charge in [-0.1, -0.05) is 26.8 Å². The van der Waals surface area contributed by atoms with Gasteiger partial charge in [-0.15, -0.1) is 0 Å². The molecule has 0 fully saturated rings. The van der Waals surface area contributed by atoms with E-state index in [1.54, 1.807) is 23.6 Å². The standard InChI is InChI=1S/C13H20N4/c1-5-7-8-17(15-6-2)13-10-14-9-12(16-13)11(3)4/h6-11H,5H2,1-4H3/b8-7-,15-6-. The second kappa shape index (κ2) is 6.78. The predicted molar refractivity (Wildman–Crippen MR) is 72.2 cm³/mol. The second-order valence-corrected chi connectivity index (χ2v) is 3.97. The van der Waals surface area contributed by atoms with Crippen LogP contribution in [-0.4, -0.2) is 16.2 Å². The number of nitrogens with zero attached hydrogens (tertiary/aromatic N) is 4. The van der Waals surface area contributed by atoms with Crippen molar-refractivity contribution < 1.29 is 0 Å². The van der Waals surface area contributed by atoms with E-state index in [9.17, 15) is 0 Å². The molecule has 0 spiro atoms. The van der Waals surface area contributed by atoms with Crippen molar-refractivity contribution in [1.82, 2.24) is 9.97 Å². The van der Waals surface area contributed by atoms with Crippen molar-refractivity contribution in [1.29, 1.82) is 0 Å². The zero-order valence-electron chi connectivity index (χ0n) is 11.0. The van der Waals surface area contributed by atoms with E-state index in [-0.39, 0.29) is 0 Å². The molecule has 1 heterocycles. The smallest absolute Gasteiger partial charge is 0.172 e. The molecular formula is C13H20N4. The van der Waals surface area contributed by atoms with Gasteiger partial charge in [-0.2, -0.15) is 5.10 Å². The van der Waals surface area contributed by atoms with E-state index in [0.29, 0.717) is 5.92 Å². The van der Waals surface area contributed by atoms with Crippen molar-refractivity contribution in [3.8, 4) is 0 Å². The first-order chi connectivity index (χ1) is 8.19. The molecule has 92 valence electrons. The van der Waals surface area contributed by atoms with Crippen LogP contribution in [0.25, 0.3) is 0 Å². The maximum atomic E-state index is 4.54. The summed E-state index contributed by atoms with van der Waals surface area (Å²) in [6.07, 6.45) is 10.2. The van der Waals surface area contributed by atoms with Crippen molar-refractivity contribution in [3.05, 3.63) is 30.4 Å². The maximum absolute atomic E-state index is 4.54. The van der Waals surface area contributed by atoms with Gasteiger partial charge < -0.3 is 0 Å². The summed E-state index contributed by atoms with van der Waals surface area (Å²) in [6.45, 7) is 8.17. The Hall–Kier alpha value is -1.71. The number of hydrogen-bond donors (Lipinski definition) is 0. The Morgan fingerprint density at radius 1 is 1.41 bits per heavy atom. The minimum Gasteiger partial charge on any atom is -0.259 e. The number of anilines is 1. The molecule has 0 aliphatic carbocycles. The number of rotatable bonds is 5. The fourth-order valence-electron chi connectivity index (χ4n) is 1.26. The van der Waals surface area contributed by atoms with E-state index < -0.39 is 0 Å². The van der Waals surface area contributed by atoms with E-state index in [1.165, 1.54) is 0 Å². The van der Waals surface area contributed by atoms with Crippen molar-refractivity contribution in [2.24, 2.45) is 5.10 Å². The molecule has 0 aliphatic rings. The van der Waals surface area contributed by atoms with Crippen LogP contribution in [0, 0.1) is 0 Å². The first-order valence-corrected chi connectivity index (χ1v) is 5.95. The number of allylic oxidation sites excluding steroid dienone is 1. The van der Waals surface area contributed by atoms with Crippen LogP contribution >= 0.6 is 0 Å². The fraction of sp³-hybridized carbons (Fsp3) is 0.462. The molecular weight excluding hydrogens is 212 g/mol. The fourth-order valence-corrected chi connectivity index (χ4v) is 1.26. The zero-order valence-corrected chi connectivity index (χ0v) is 11.0. The lowest BCUT2D eigenvalue weighted by Gasteiger charge is -2.14. The lowest BCUT2D eigenvalue weighted by molar-refractivity contribution is 0.805. The van der Waals surface area contributed by atoms with Crippen LogP contribution < -0.4 is 5.01 Å². The van der Waals surface area contributed by atoms with E-state index in [4.69, 9.17) is 0 Å². The van der Waals surface area contributed by atoms with E-state index in [0.717, 1.165) is 17.9 Å². The summed E-state index contributed by atoms with van der Waals surface area (Å²) in [5, 5.41) is 5.99. The average Bonchev–Trinajstić information content (AvgIpc) is 2.34. The molecule has 0 saturated carbocycles. The van der Waals surface area contributed by atoms with Crippen molar-refractivity contribution >= 4 is 12.0 Å². The Balaban J connectivity index is 3.01. The van der Waals surface area contributed by atoms with E-state index in [2.05, 4.69) is 35.8 Å². The minimum atomic E-state index is 0.366.